The van der Waals surface area contributed by atoms with Gasteiger partial charge in [-0.05, 0) is 90.4 Å². The summed E-state index contributed by atoms with van der Waals surface area (Å²) in [4.78, 5) is 142. The number of halogens is 2. The van der Waals surface area contributed by atoms with Gasteiger partial charge < -0.3 is 31.1 Å². The number of piperidine rings is 1. The van der Waals surface area contributed by atoms with Gasteiger partial charge in [0.2, 0.25) is 29.5 Å². The van der Waals surface area contributed by atoms with E-state index in [0.29, 0.717) is 47.0 Å². The Hall–Kier alpha value is -7.76. The zero-order chi connectivity index (χ0) is 58.5. The zero-order valence-corrected chi connectivity index (χ0v) is 46.3. The molecule has 428 valence electrons. The van der Waals surface area contributed by atoms with Gasteiger partial charge in [-0.15, -0.1) is 11.3 Å². The van der Waals surface area contributed by atoms with Crippen LogP contribution >= 0.6 is 18.9 Å². The fourth-order valence-corrected chi connectivity index (χ4v) is 12.8. The molecule has 5 atom stereocenters. The number of Topliss-reactive ketones (excluding diaryl/α,β-unsaturated/α-hetero) is 2. The number of thiophene rings is 1. The average molecular weight is 1160 g/mol. The van der Waals surface area contributed by atoms with Crippen LogP contribution < -0.4 is 26.6 Å². The van der Waals surface area contributed by atoms with E-state index in [2.05, 4.69) is 27.8 Å². The van der Waals surface area contributed by atoms with E-state index in [1.165, 1.54) is 21.9 Å². The molecule has 1 unspecified atom stereocenters. The van der Waals surface area contributed by atoms with Gasteiger partial charge in [-0.2, -0.15) is 8.78 Å². The van der Waals surface area contributed by atoms with Gasteiger partial charge in [0.1, 0.15) is 23.9 Å². The minimum absolute atomic E-state index is 0.0329. The number of hydrogen-bond acceptors (Lipinski definition) is 11. The van der Waals surface area contributed by atoms with Crippen LogP contribution in [0.5, 0.6) is 0 Å². The molecule has 5 heterocycles. The lowest BCUT2D eigenvalue weighted by Crippen LogP contribution is -2.56. The highest BCUT2D eigenvalue weighted by atomic mass is 32.1. The number of carbonyl (C=O) groups is 9. The molecule has 0 bridgehead atoms. The van der Waals surface area contributed by atoms with Crippen LogP contribution in [-0.4, -0.2) is 91.8 Å². The van der Waals surface area contributed by atoms with Crippen molar-refractivity contribution >= 4 is 87.6 Å². The monoisotopic (exact) mass is 1160 g/mol. The smallest absolute Gasteiger partial charge is 0.370 e. The number of aryl methyl sites for hydroxylation is 1. The third kappa shape index (κ3) is 13.0. The van der Waals surface area contributed by atoms with Gasteiger partial charge in [-0.3, -0.25) is 57.9 Å². The molecule has 0 spiro atoms. The molecule has 5 aromatic rings. The number of imide groups is 1. The summed E-state index contributed by atoms with van der Waals surface area (Å²) < 4.78 is 40.8. The second-order valence-corrected chi connectivity index (χ2v) is 23.9. The molecule has 82 heavy (non-hydrogen) atoms. The number of nitrogens with two attached hydrogens (primary N) is 1. The lowest BCUT2D eigenvalue weighted by Gasteiger charge is -2.29. The SMILES string of the molecule is NC(=O)CC[C@H](NC(=O)[C@@H]1Cc2cccc3c2N1C(=O)[C@@H](NC(=O)c1cc2ccc(C(F)(F)P(=O)(O)O)cc2s1)CC3)C(=O)C[C@H](C(=O)CCCCCCCCC#Cc1cccc2c1CN(C1CCC(=O)NC1=O)C2=O)c1ccccc1. The predicted octanol–water partition coefficient (Wildman–Crippen LogP) is 7.13. The first-order chi connectivity index (χ1) is 39.2. The Bertz CT molecular complexity index is 3500. The van der Waals surface area contributed by atoms with E-state index in [4.69, 9.17) is 5.73 Å². The molecule has 7 amide bonds. The van der Waals surface area contributed by atoms with Crippen molar-refractivity contribution in [3.05, 3.63) is 135 Å². The van der Waals surface area contributed by atoms with Crippen LogP contribution in [0.1, 0.15) is 149 Å². The summed E-state index contributed by atoms with van der Waals surface area (Å²) in [5, 5.41) is 8.21. The van der Waals surface area contributed by atoms with Crippen LogP contribution in [0, 0.1) is 11.8 Å². The van der Waals surface area contributed by atoms with Crippen molar-refractivity contribution in [2.24, 2.45) is 5.73 Å². The van der Waals surface area contributed by atoms with Crippen LogP contribution in [0.25, 0.3) is 10.1 Å². The van der Waals surface area contributed by atoms with Gasteiger partial charge >= 0.3 is 13.3 Å². The van der Waals surface area contributed by atoms with Crippen molar-refractivity contribution in [3.8, 4) is 11.8 Å². The Balaban J connectivity index is 0.792. The highest BCUT2D eigenvalue weighted by molar-refractivity contribution is 7.52. The van der Waals surface area contributed by atoms with Crippen molar-refractivity contribution in [1.82, 2.24) is 20.9 Å². The number of para-hydroxylation sites is 1. The number of fused-ring (bicyclic) bond motifs is 2. The molecule has 1 aromatic heterocycles. The van der Waals surface area contributed by atoms with Gasteiger partial charge in [0, 0.05) is 72.4 Å². The molecular weight excluding hydrogens is 1100 g/mol. The Labute approximate surface area is 475 Å². The maximum absolute atomic E-state index is 14.6. The molecule has 4 aliphatic rings. The molecule has 1 saturated heterocycles. The van der Waals surface area contributed by atoms with Crippen molar-refractivity contribution in [1.29, 1.82) is 0 Å². The second kappa shape index (κ2) is 25.2. The van der Waals surface area contributed by atoms with Gasteiger partial charge in [0.25, 0.3) is 11.8 Å². The fraction of sp³-hybridized carbons (Fsp3) is 0.383. The molecule has 18 nitrogen and oxygen atoms in total. The van der Waals surface area contributed by atoms with Crippen molar-refractivity contribution < 1.29 is 66.3 Å². The van der Waals surface area contributed by atoms with Crippen LogP contribution in [0.2, 0.25) is 0 Å². The third-order valence-electron chi connectivity index (χ3n) is 15.6. The Morgan fingerprint density at radius 2 is 1.57 bits per heavy atom. The molecule has 1 fully saturated rings. The first kappa shape index (κ1) is 58.9. The summed E-state index contributed by atoms with van der Waals surface area (Å²) in [7, 11) is -5.86. The maximum Gasteiger partial charge on any atom is 0.399 e. The van der Waals surface area contributed by atoms with Gasteiger partial charge in [0.15, 0.2) is 5.78 Å². The van der Waals surface area contributed by atoms with E-state index < -0.39 is 84.2 Å². The number of rotatable bonds is 23. The molecule has 7 N–H and O–H groups in total. The Morgan fingerprint density at radius 1 is 0.841 bits per heavy atom. The van der Waals surface area contributed by atoms with Gasteiger partial charge in [-0.25, -0.2) is 0 Å². The number of anilines is 1. The van der Waals surface area contributed by atoms with E-state index in [1.807, 2.05) is 12.1 Å². The molecule has 4 aliphatic heterocycles. The molecule has 22 heteroatoms. The fourth-order valence-electron chi connectivity index (χ4n) is 11.3. The van der Waals surface area contributed by atoms with Crippen LogP contribution in [0.3, 0.4) is 0 Å². The Kier molecular flexibility index (Phi) is 18.1. The summed E-state index contributed by atoms with van der Waals surface area (Å²) in [6.07, 6.45) is 5.94. The standard InChI is InChI=1S/C60H61F2N6O12PS/c61-60(62,81(78,79)80)40-24-22-38-31-51(82-50(38)32-40)57(75)65-45-25-23-37-18-12-19-39-30-47(68(54(37)39)59(45)77)56(74)64-44(26-28-52(63)71)49(70)33-42(35-14-9-7-10-15-35)48(69)21-11-6-4-2-1-3-5-8-16-36-17-13-20-41-43(36)34-67(58(41)76)46-27-29-53(72)66-55(46)73/h7,9-10,12-15,17-20,22,24,31-32,42,44-47H,1-6,11,21,23,25-30,33-34H2,(H2,63,71)(H,64,74)(H,65,75)(H,66,72,73)(H2,78,79,80)/t42-,44-,45-,46?,47-/m0/s1. The number of primary amides is 1. The molecule has 9 rings (SSSR count). The van der Waals surface area contributed by atoms with E-state index in [9.17, 15) is 66.3 Å². The van der Waals surface area contributed by atoms with E-state index in [0.717, 1.165) is 72.3 Å². The summed E-state index contributed by atoms with van der Waals surface area (Å²) in [5.74, 6) is 1.08. The third-order valence-corrected chi connectivity index (χ3v) is 17.7. The number of benzene rings is 4. The second-order valence-electron chi connectivity index (χ2n) is 21.2. The van der Waals surface area contributed by atoms with Crippen LogP contribution in [0.4, 0.5) is 14.5 Å². The first-order valence-electron chi connectivity index (χ1n) is 27.4. The maximum atomic E-state index is 14.6. The largest absolute Gasteiger partial charge is 0.399 e. The molecular formula is C60H61F2N6O12PS. The summed E-state index contributed by atoms with van der Waals surface area (Å²) in [5.41, 5.74) is 4.70. The molecule has 0 saturated carbocycles. The van der Waals surface area contributed by atoms with Crippen molar-refractivity contribution in [2.75, 3.05) is 4.90 Å². The van der Waals surface area contributed by atoms with E-state index >= 15 is 0 Å². The normalized spacial score (nSPS) is 18.4. The zero-order valence-electron chi connectivity index (χ0n) is 44.6. The van der Waals surface area contributed by atoms with Gasteiger partial charge in [-0.1, -0.05) is 104 Å². The number of nitrogens with zero attached hydrogens (tertiary/aromatic N) is 2. The first-order valence-corrected chi connectivity index (χ1v) is 29.8. The summed E-state index contributed by atoms with van der Waals surface area (Å²) in [6, 6.07) is 19.7. The predicted molar refractivity (Wildman–Crippen MR) is 299 cm³/mol. The number of carbonyl (C=O) groups excluding carboxylic acids is 9. The number of amides is 7. The number of ketones is 2. The highest BCUT2D eigenvalue weighted by Gasteiger charge is 2.51. The quantitative estimate of drug-likeness (QED) is 0.0165. The van der Waals surface area contributed by atoms with Crippen LogP contribution in [0.15, 0.2) is 91.0 Å². The summed E-state index contributed by atoms with van der Waals surface area (Å²) >= 11 is 0.790. The Morgan fingerprint density at radius 3 is 2.32 bits per heavy atom. The topological polar surface area (TPSA) is 280 Å². The highest BCUT2D eigenvalue weighted by Crippen LogP contribution is 2.59. The lowest BCUT2D eigenvalue weighted by molar-refractivity contribution is -0.137. The summed E-state index contributed by atoms with van der Waals surface area (Å²) in [6.45, 7) is 0.247. The molecule has 0 aliphatic carbocycles. The average Bonchev–Trinajstić information content (AvgIpc) is 4.17. The molecule has 4 aromatic carbocycles. The van der Waals surface area contributed by atoms with Gasteiger partial charge in [0.05, 0.1) is 16.6 Å². The molecule has 0 radical (unpaired) electrons. The number of nitrogens with one attached hydrogen (secondary N) is 3. The van der Waals surface area contributed by atoms with Crippen molar-refractivity contribution in [2.45, 2.75) is 145 Å². The minimum Gasteiger partial charge on any atom is -0.370 e. The van der Waals surface area contributed by atoms with E-state index in [1.54, 1.807) is 54.6 Å². The number of alkyl halides is 2. The van der Waals surface area contributed by atoms with E-state index in [-0.39, 0.29) is 85.1 Å². The van der Waals surface area contributed by atoms with Crippen molar-refractivity contribution in [3.63, 3.8) is 0 Å². The minimum atomic E-state index is -5.86. The number of hydrogen-bond donors (Lipinski definition) is 6. The van der Waals surface area contributed by atoms with Crippen LogP contribution in [-0.2, 0) is 63.2 Å². The lowest BCUT2D eigenvalue weighted by atomic mass is 9.85. The number of unbranched alkanes of at least 4 members (excludes halogenated alkanes) is 6.